The van der Waals surface area contributed by atoms with E-state index in [1.807, 2.05) is 0 Å². The van der Waals surface area contributed by atoms with E-state index in [4.69, 9.17) is 0 Å². The number of carbonyl (C=O) groups excluding carboxylic acids is 1. The van der Waals surface area contributed by atoms with Crippen molar-refractivity contribution >= 4 is 17.5 Å². The summed E-state index contributed by atoms with van der Waals surface area (Å²) in [5, 5.41) is 2.34. The molecule has 1 heterocycles. The quantitative estimate of drug-likeness (QED) is 0.673. The van der Waals surface area contributed by atoms with Gasteiger partial charge in [0.05, 0.1) is 4.90 Å². The van der Waals surface area contributed by atoms with Crippen molar-refractivity contribution in [3.8, 4) is 0 Å². The van der Waals surface area contributed by atoms with Crippen molar-refractivity contribution in [2.24, 2.45) is 7.05 Å². The lowest BCUT2D eigenvalue weighted by molar-refractivity contribution is 0.101. The lowest BCUT2D eigenvalue weighted by Gasteiger charge is -2.09. The van der Waals surface area contributed by atoms with Crippen LogP contribution in [-0.4, -0.2) is 20.5 Å². The van der Waals surface area contributed by atoms with Crippen molar-refractivity contribution in [3.05, 3.63) is 50.3 Å². The molecule has 0 unspecified atom stereocenters. The van der Waals surface area contributed by atoms with Crippen LogP contribution in [0.15, 0.2) is 37.8 Å². The Kier molecular flexibility index (Phi) is 3.84. The molecule has 104 valence electrons. The second-order valence-electron chi connectivity index (χ2n) is 3.97. The smallest absolute Gasteiger partial charge is 0.294 e. The van der Waals surface area contributed by atoms with Crippen molar-refractivity contribution < 1.29 is 9.18 Å². The lowest BCUT2D eigenvalue weighted by atomic mass is 10.1. The Labute approximate surface area is 116 Å². The van der Waals surface area contributed by atoms with Gasteiger partial charge in [-0.15, -0.1) is 0 Å². The summed E-state index contributed by atoms with van der Waals surface area (Å²) in [5.41, 5.74) is -1.64. The number of halogens is 1. The first-order valence-corrected chi connectivity index (χ1v) is 6.36. The van der Waals surface area contributed by atoms with Gasteiger partial charge in [-0.3, -0.25) is 24.2 Å². The number of H-pyrrole nitrogens is 1. The van der Waals surface area contributed by atoms with Crippen LogP contribution in [0.3, 0.4) is 0 Å². The van der Waals surface area contributed by atoms with Gasteiger partial charge in [0.2, 0.25) is 0 Å². The summed E-state index contributed by atoms with van der Waals surface area (Å²) in [6.07, 6.45) is 0. The van der Waals surface area contributed by atoms with E-state index in [0.29, 0.717) is 0 Å². The molecule has 0 amide bonds. The molecule has 8 heteroatoms. The topological polar surface area (TPSA) is 84.8 Å². The Morgan fingerprint density at radius 2 is 2.10 bits per heavy atom. The fourth-order valence-electron chi connectivity index (χ4n) is 1.53. The molecule has 0 radical (unpaired) electrons. The molecule has 0 aliphatic carbocycles. The van der Waals surface area contributed by atoms with Crippen LogP contribution < -0.4 is 11.1 Å². The Morgan fingerprint density at radius 1 is 1.40 bits per heavy atom. The standard InChI is InChI=1S/C12H10FN3O3S/c1-6(17)7-4-3-5-8(13)9(7)20-12-14-10(18)11(19)15-16(12)2/h3-5H,1-2H3,(H,15,19). The first-order chi connectivity index (χ1) is 9.40. The monoisotopic (exact) mass is 295 g/mol. The Bertz CT molecular complexity index is 797. The average Bonchev–Trinajstić information content (AvgIpc) is 2.37. The molecule has 2 rings (SSSR count). The van der Waals surface area contributed by atoms with Gasteiger partial charge in [0.25, 0.3) is 0 Å². The van der Waals surface area contributed by atoms with Crippen molar-refractivity contribution in [2.45, 2.75) is 17.0 Å². The van der Waals surface area contributed by atoms with E-state index >= 15 is 0 Å². The fourth-order valence-corrected chi connectivity index (χ4v) is 2.51. The molecule has 0 aliphatic rings. The molecule has 2 aromatic rings. The Morgan fingerprint density at radius 3 is 2.75 bits per heavy atom. The maximum absolute atomic E-state index is 13.8. The van der Waals surface area contributed by atoms with Gasteiger partial charge in [-0.1, -0.05) is 12.1 Å². The largest absolute Gasteiger partial charge is 0.339 e. The van der Waals surface area contributed by atoms with Crippen molar-refractivity contribution in [1.82, 2.24) is 14.8 Å². The molecule has 1 N–H and O–H groups in total. The second kappa shape index (κ2) is 5.41. The van der Waals surface area contributed by atoms with Gasteiger partial charge in [0.15, 0.2) is 10.9 Å². The predicted molar refractivity (Wildman–Crippen MR) is 70.6 cm³/mol. The zero-order valence-corrected chi connectivity index (χ0v) is 11.5. The molecule has 0 atom stereocenters. The van der Waals surface area contributed by atoms with Gasteiger partial charge in [-0.25, -0.2) is 4.39 Å². The number of benzene rings is 1. The van der Waals surface area contributed by atoms with E-state index in [-0.39, 0.29) is 21.4 Å². The molecule has 0 saturated carbocycles. The summed E-state index contributed by atoms with van der Waals surface area (Å²) in [4.78, 5) is 37.5. The van der Waals surface area contributed by atoms with Crippen molar-refractivity contribution in [2.75, 3.05) is 0 Å². The number of hydrogen-bond acceptors (Lipinski definition) is 5. The molecule has 0 aliphatic heterocycles. The van der Waals surface area contributed by atoms with Crippen molar-refractivity contribution in [3.63, 3.8) is 0 Å². The van der Waals surface area contributed by atoms with Crippen LogP contribution in [0.4, 0.5) is 4.39 Å². The van der Waals surface area contributed by atoms with Gasteiger partial charge in [-0.05, 0) is 24.8 Å². The Hall–Kier alpha value is -2.22. The number of Topliss-reactive ketones (excluding diaryl/α,β-unsaturated/α-hetero) is 1. The number of nitrogens with zero attached hydrogens (tertiary/aromatic N) is 2. The zero-order valence-electron chi connectivity index (χ0n) is 10.6. The molecule has 0 saturated heterocycles. The minimum absolute atomic E-state index is 0.0644. The Balaban J connectivity index is 2.56. The SMILES string of the molecule is CC(=O)c1cccc(F)c1Sc1nc(=O)c(=O)[nH]n1C. The molecular weight excluding hydrogens is 285 g/mol. The molecule has 1 aromatic heterocycles. The van der Waals surface area contributed by atoms with E-state index in [1.165, 1.54) is 36.9 Å². The summed E-state index contributed by atoms with van der Waals surface area (Å²) in [6.45, 7) is 1.32. The van der Waals surface area contributed by atoms with Crippen molar-refractivity contribution in [1.29, 1.82) is 0 Å². The van der Waals surface area contributed by atoms with Gasteiger partial charge in [0, 0.05) is 12.6 Å². The highest BCUT2D eigenvalue weighted by Gasteiger charge is 2.16. The third kappa shape index (κ3) is 2.69. The summed E-state index contributed by atoms with van der Waals surface area (Å²) >= 11 is 0.805. The number of rotatable bonds is 3. The van der Waals surface area contributed by atoms with Gasteiger partial charge < -0.3 is 0 Å². The highest BCUT2D eigenvalue weighted by Crippen LogP contribution is 2.30. The van der Waals surface area contributed by atoms with Crippen LogP contribution in [-0.2, 0) is 7.05 Å². The van der Waals surface area contributed by atoms with Gasteiger partial charge in [-0.2, -0.15) is 4.98 Å². The minimum Gasteiger partial charge on any atom is -0.294 e. The number of aromatic amines is 1. The second-order valence-corrected chi connectivity index (χ2v) is 4.95. The highest BCUT2D eigenvalue weighted by molar-refractivity contribution is 7.99. The first kappa shape index (κ1) is 14.2. The maximum atomic E-state index is 13.8. The molecule has 0 spiro atoms. The van der Waals surface area contributed by atoms with Crippen LogP contribution in [0.25, 0.3) is 0 Å². The normalized spacial score (nSPS) is 10.6. The van der Waals surface area contributed by atoms with E-state index in [1.54, 1.807) is 0 Å². The van der Waals surface area contributed by atoms with Crippen LogP contribution in [0.5, 0.6) is 0 Å². The van der Waals surface area contributed by atoms with E-state index in [9.17, 15) is 18.8 Å². The number of aromatic nitrogens is 3. The van der Waals surface area contributed by atoms with E-state index in [2.05, 4.69) is 10.1 Å². The van der Waals surface area contributed by atoms with Crippen LogP contribution in [0.2, 0.25) is 0 Å². The third-order valence-electron chi connectivity index (χ3n) is 2.49. The molecule has 6 nitrogen and oxygen atoms in total. The summed E-state index contributed by atoms with van der Waals surface area (Å²) in [6, 6.07) is 4.12. The number of carbonyl (C=O) groups is 1. The lowest BCUT2D eigenvalue weighted by Crippen LogP contribution is -2.33. The molecular formula is C12H10FN3O3S. The average molecular weight is 295 g/mol. The zero-order chi connectivity index (χ0) is 14.9. The first-order valence-electron chi connectivity index (χ1n) is 5.55. The predicted octanol–water partition coefficient (Wildman–Crippen LogP) is 0.962. The molecule has 0 fully saturated rings. The van der Waals surface area contributed by atoms with Crippen LogP contribution >= 0.6 is 11.8 Å². The number of ketones is 1. The van der Waals surface area contributed by atoms with Crippen LogP contribution in [0, 0.1) is 5.82 Å². The van der Waals surface area contributed by atoms with Gasteiger partial charge >= 0.3 is 11.1 Å². The molecule has 1 aromatic carbocycles. The number of nitrogens with one attached hydrogen (secondary N) is 1. The highest BCUT2D eigenvalue weighted by atomic mass is 32.2. The van der Waals surface area contributed by atoms with Crippen LogP contribution in [0.1, 0.15) is 17.3 Å². The van der Waals surface area contributed by atoms with Gasteiger partial charge in [0.1, 0.15) is 5.82 Å². The number of aryl methyl sites for hydroxylation is 1. The maximum Gasteiger partial charge on any atom is 0.339 e. The molecule has 0 bridgehead atoms. The summed E-state index contributed by atoms with van der Waals surface area (Å²) in [7, 11) is 1.46. The third-order valence-corrected chi connectivity index (χ3v) is 3.65. The molecule has 20 heavy (non-hydrogen) atoms. The summed E-state index contributed by atoms with van der Waals surface area (Å²) < 4.78 is 15.0. The number of hydrogen-bond donors (Lipinski definition) is 1. The minimum atomic E-state index is -0.966. The fraction of sp³-hybridized carbons (Fsp3) is 0.167. The summed E-state index contributed by atoms with van der Waals surface area (Å²) in [5.74, 6) is -0.899. The van der Waals surface area contributed by atoms with E-state index < -0.39 is 16.9 Å². The van der Waals surface area contributed by atoms with E-state index in [0.717, 1.165) is 11.8 Å².